The van der Waals surface area contributed by atoms with Crippen LogP contribution >= 0.6 is 0 Å². The Hall–Kier alpha value is -3.49. The molecular weight excluding hydrogens is 356 g/mol. The first-order chi connectivity index (χ1) is 12.8. The van der Waals surface area contributed by atoms with Gasteiger partial charge in [0.25, 0.3) is 5.56 Å². The van der Waals surface area contributed by atoms with Gasteiger partial charge in [-0.2, -0.15) is 0 Å². The van der Waals surface area contributed by atoms with Crippen molar-refractivity contribution in [2.75, 3.05) is 19.5 Å². The van der Waals surface area contributed by atoms with Crippen LogP contribution in [0.3, 0.4) is 0 Å². The van der Waals surface area contributed by atoms with Crippen molar-refractivity contribution < 1.29 is 29.3 Å². The number of benzene rings is 1. The molecule has 2 rings (SSSR count). The number of hydrogen-bond donors (Lipinski definition) is 4. The second-order valence-electron chi connectivity index (χ2n) is 5.67. The number of aromatic amines is 1. The maximum Gasteiger partial charge on any atom is 0.342 e. The third-order valence-corrected chi connectivity index (χ3v) is 3.88. The number of nitrogens with one attached hydrogen (secondary N) is 1. The minimum absolute atomic E-state index is 0.155. The van der Waals surface area contributed by atoms with Gasteiger partial charge in [0.15, 0.2) is 11.5 Å². The molecule has 5 N–H and O–H groups in total. The van der Waals surface area contributed by atoms with Crippen LogP contribution in [-0.4, -0.2) is 40.9 Å². The number of carboxylic acid groups (broad SMARTS) is 2. The van der Waals surface area contributed by atoms with Crippen molar-refractivity contribution in [2.24, 2.45) is 0 Å². The molecule has 27 heavy (non-hydrogen) atoms. The van der Waals surface area contributed by atoms with E-state index in [4.69, 9.17) is 15.2 Å². The first kappa shape index (κ1) is 19.8. The Labute approximate surface area is 154 Å². The van der Waals surface area contributed by atoms with Gasteiger partial charge in [0.2, 0.25) is 0 Å². The van der Waals surface area contributed by atoms with Crippen molar-refractivity contribution in [3.63, 3.8) is 0 Å². The molecular formula is C18H20N2O7. The largest absolute Gasteiger partial charge is 0.493 e. The summed E-state index contributed by atoms with van der Waals surface area (Å²) in [6.07, 6.45) is 1.78. The number of unbranched alkanes of at least 4 members (excludes halogenated alkanes) is 1. The van der Waals surface area contributed by atoms with Gasteiger partial charge in [0, 0.05) is 5.56 Å². The van der Waals surface area contributed by atoms with Crippen LogP contribution in [0.1, 0.15) is 40.5 Å². The van der Waals surface area contributed by atoms with E-state index in [-0.39, 0.29) is 16.9 Å². The summed E-state index contributed by atoms with van der Waals surface area (Å²) in [6.45, 7) is 2.48. The summed E-state index contributed by atoms with van der Waals surface area (Å²) in [6, 6.07) is 4.39. The van der Waals surface area contributed by atoms with Crippen LogP contribution in [0.25, 0.3) is 11.1 Å². The fourth-order valence-corrected chi connectivity index (χ4v) is 2.60. The molecule has 0 spiro atoms. The molecule has 9 heteroatoms. The highest BCUT2D eigenvalue weighted by molar-refractivity contribution is 6.07. The first-order valence-electron chi connectivity index (χ1n) is 8.15. The third kappa shape index (κ3) is 4.02. The standard InChI is InChI=1S/C18H20N2O7/c1-3-4-7-27-10-6-5-9(8-11(10)26-2)12-13(17(22)23)15(19)20-16(21)14(12)18(24)25/h5-6,8H,3-4,7H2,1-2H3,(H,22,23)(H,24,25)(H3,19,20,21). The number of H-pyrrole nitrogens is 1. The topological polar surface area (TPSA) is 152 Å². The van der Waals surface area contributed by atoms with E-state index in [1.807, 2.05) is 6.92 Å². The SMILES string of the molecule is CCCCOc1ccc(-c2c(C(=O)O)c(N)[nH]c(=O)c2C(=O)O)cc1OC. The van der Waals surface area contributed by atoms with Crippen molar-refractivity contribution in [2.45, 2.75) is 19.8 Å². The van der Waals surface area contributed by atoms with Crippen LogP contribution in [0, 0.1) is 0 Å². The molecule has 1 heterocycles. The summed E-state index contributed by atoms with van der Waals surface area (Å²) >= 11 is 0. The predicted octanol–water partition coefficient (Wildman–Crippen LogP) is 2.21. The number of methoxy groups -OCH3 is 1. The summed E-state index contributed by atoms with van der Waals surface area (Å²) in [5.41, 5.74) is 3.26. The van der Waals surface area contributed by atoms with Crippen LogP contribution in [0.2, 0.25) is 0 Å². The molecule has 0 saturated carbocycles. The molecule has 1 aromatic carbocycles. The molecule has 0 atom stereocenters. The lowest BCUT2D eigenvalue weighted by Gasteiger charge is -2.15. The maximum atomic E-state index is 12.1. The smallest absolute Gasteiger partial charge is 0.342 e. The number of aromatic nitrogens is 1. The maximum absolute atomic E-state index is 12.1. The second kappa shape index (κ2) is 8.26. The van der Waals surface area contributed by atoms with E-state index in [9.17, 15) is 24.6 Å². The van der Waals surface area contributed by atoms with E-state index in [1.54, 1.807) is 0 Å². The lowest BCUT2D eigenvalue weighted by atomic mass is 9.95. The summed E-state index contributed by atoms with van der Waals surface area (Å²) in [5.74, 6) is -2.79. The molecule has 0 aliphatic carbocycles. The molecule has 2 aromatic rings. The minimum Gasteiger partial charge on any atom is -0.493 e. The Balaban J connectivity index is 2.71. The van der Waals surface area contributed by atoms with Gasteiger partial charge in [0.05, 0.1) is 13.7 Å². The van der Waals surface area contributed by atoms with E-state index < -0.39 is 34.4 Å². The normalized spacial score (nSPS) is 10.4. The molecule has 0 amide bonds. The number of nitrogens with two attached hydrogens (primary N) is 1. The number of aromatic carboxylic acids is 2. The molecule has 0 unspecified atom stereocenters. The summed E-state index contributed by atoms with van der Waals surface area (Å²) < 4.78 is 10.9. The van der Waals surface area contributed by atoms with Gasteiger partial charge >= 0.3 is 11.9 Å². The highest BCUT2D eigenvalue weighted by Gasteiger charge is 2.27. The molecule has 0 saturated heterocycles. The van der Waals surface area contributed by atoms with Crippen molar-refractivity contribution in [1.82, 2.24) is 4.98 Å². The fraction of sp³-hybridized carbons (Fsp3) is 0.278. The van der Waals surface area contributed by atoms with Crippen molar-refractivity contribution in [1.29, 1.82) is 0 Å². The van der Waals surface area contributed by atoms with Crippen molar-refractivity contribution in [3.05, 3.63) is 39.7 Å². The lowest BCUT2D eigenvalue weighted by molar-refractivity contribution is 0.0695. The fourth-order valence-electron chi connectivity index (χ4n) is 2.60. The van der Waals surface area contributed by atoms with E-state index in [2.05, 4.69) is 4.98 Å². The number of pyridine rings is 1. The Kier molecular flexibility index (Phi) is 6.07. The number of ether oxygens (including phenoxy) is 2. The Morgan fingerprint density at radius 1 is 1.15 bits per heavy atom. The highest BCUT2D eigenvalue weighted by Crippen LogP contribution is 2.36. The Morgan fingerprint density at radius 2 is 1.81 bits per heavy atom. The summed E-state index contributed by atoms with van der Waals surface area (Å²) in [4.78, 5) is 37.4. The van der Waals surface area contributed by atoms with Crippen LogP contribution < -0.4 is 20.8 Å². The molecule has 0 aliphatic rings. The molecule has 9 nitrogen and oxygen atoms in total. The van der Waals surface area contributed by atoms with Crippen LogP contribution in [-0.2, 0) is 0 Å². The highest BCUT2D eigenvalue weighted by atomic mass is 16.5. The van der Waals surface area contributed by atoms with Crippen LogP contribution in [0.5, 0.6) is 11.5 Å². The van der Waals surface area contributed by atoms with Gasteiger partial charge < -0.3 is 30.4 Å². The number of rotatable bonds is 8. The van der Waals surface area contributed by atoms with Gasteiger partial charge in [-0.1, -0.05) is 19.4 Å². The summed E-state index contributed by atoms with van der Waals surface area (Å²) in [7, 11) is 1.40. The minimum atomic E-state index is -1.57. The van der Waals surface area contributed by atoms with Gasteiger partial charge in [-0.05, 0) is 24.1 Å². The Bertz CT molecular complexity index is 934. The molecule has 0 fully saturated rings. The Morgan fingerprint density at radius 3 is 2.37 bits per heavy atom. The van der Waals surface area contributed by atoms with Gasteiger partial charge in [-0.25, -0.2) is 9.59 Å². The van der Waals surface area contributed by atoms with Crippen LogP contribution in [0.15, 0.2) is 23.0 Å². The van der Waals surface area contributed by atoms with E-state index in [0.29, 0.717) is 12.4 Å². The number of nitrogen functional groups attached to an aromatic ring is 1. The lowest BCUT2D eigenvalue weighted by Crippen LogP contribution is -2.24. The zero-order valence-electron chi connectivity index (χ0n) is 14.9. The predicted molar refractivity (Wildman–Crippen MR) is 97.8 cm³/mol. The van der Waals surface area contributed by atoms with Crippen molar-refractivity contribution in [3.8, 4) is 22.6 Å². The molecule has 1 aromatic heterocycles. The molecule has 0 bridgehead atoms. The van der Waals surface area contributed by atoms with E-state index >= 15 is 0 Å². The van der Waals surface area contributed by atoms with Crippen LogP contribution in [0.4, 0.5) is 5.82 Å². The van der Waals surface area contributed by atoms with E-state index in [0.717, 1.165) is 12.8 Å². The third-order valence-electron chi connectivity index (χ3n) is 3.88. The number of carboxylic acids is 2. The number of anilines is 1. The first-order valence-corrected chi connectivity index (χ1v) is 8.15. The van der Waals surface area contributed by atoms with Gasteiger partial charge in [-0.15, -0.1) is 0 Å². The van der Waals surface area contributed by atoms with Gasteiger partial charge in [0.1, 0.15) is 16.9 Å². The molecule has 0 radical (unpaired) electrons. The summed E-state index contributed by atoms with van der Waals surface area (Å²) in [5, 5.41) is 18.9. The quantitative estimate of drug-likeness (QED) is 0.512. The second-order valence-corrected chi connectivity index (χ2v) is 5.67. The molecule has 144 valence electrons. The monoisotopic (exact) mass is 376 g/mol. The van der Waals surface area contributed by atoms with Gasteiger partial charge in [-0.3, -0.25) is 4.79 Å². The average Bonchev–Trinajstić information content (AvgIpc) is 2.60. The zero-order chi connectivity index (χ0) is 20.1. The molecule has 0 aliphatic heterocycles. The van der Waals surface area contributed by atoms with E-state index in [1.165, 1.54) is 25.3 Å². The average molecular weight is 376 g/mol. The zero-order valence-corrected chi connectivity index (χ0v) is 14.9. The van der Waals surface area contributed by atoms with Crippen molar-refractivity contribution >= 4 is 17.8 Å². The number of hydrogen-bond acceptors (Lipinski definition) is 6. The number of carbonyl (C=O) groups is 2.